The molecule has 0 saturated carbocycles. The number of imide groups is 1. The van der Waals surface area contributed by atoms with Crippen LogP contribution >= 0.6 is 0 Å². The molecule has 2 fully saturated rings. The summed E-state index contributed by atoms with van der Waals surface area (Å²) in [6.07, 6.45) is 2.66. The second-order valence-corrected chi connectivity index (χ2v) is 7.55. The molecule has 0 spiro atoms. The first-order valence-corrected chi connectivity index (χ1v) is 10.3. The Labute approximate surface area is 167 Å². The van der Waals surface area contributed by atoms with Crippen LogP contribution in [0.4, 0.5) is 10.5 Å². The Hall–Kier alpha value is -2.12. The summed E-state index contributed by atoms with van der Waals surface area (Å²) in [5.41, 5.74) is 3.44. The number of nitrogens with zero attached hydrogens (tertiary/aromatic N) is 2. The fraction of sp³-hybridized carbons (Fsp3) is 0.619. The van der Waals surface area contributed by atoms with Crippen molar-refractivity contribution in [1.82, 2.24) is 15.1 Å². The third-order valence-corrected chi connectivity index (χ3v) is 5.50. The van der Waals surface area contributed by atoms with Crippen molar-refractivity contribution in [3.8, 4) is 0 Å². The van der Waals surface area contributed by atoms with Gasteiger partial charge in [0.05, 0.1) is 19.6 Å². The van der Waals surface area contributed by atoms with Crippen LogP contribution in [-0.2, 0) is 16.0 Å². The molecule has 2 heterocycles. The van der Waals surface area contributed by atoms with Gasteiger partial charge in [-0.2, -0.15) is 0 Å². The van der Waals surface area contributed by atoms with E-state index in [0.29, 0.717) is 6.54 Å². The van der Waals surface area contributed by atoms with Crippen molar-refractivity contribution >= 4 is 17.6 Å². The molecule has 1 unspecified atom stereocenters. The molecule has 2 N–H and O–H groups in total. The highest BCUT2D eigenvalue weighted by atomic mass is 16.5. The summed E-state index contributed by atoms with van der Waals surface area (Å²) in [7, 11) is 0. The van der Waals surface area contributed by atoms with Gasteiger partial charge in [0.1, 0.15) is 6.17 Å². The Bertz CT molecular complexity index is 670. The van der Waals surface area contributed by atoms with E-state index in [0.717, 1.165) is 57.8 Å². The van der Waals surface area contributed by atoms with Gasteiger partial charge in [-0.1, -0.05) is 13.0 Å². The van der Waals surface area contributed by atoms with Gasteiger partial charge < -0.3 is 15.4 Å². The lowest BCUT2D eigenvalue weighted by Gasteiger charge is -2.32. The standard InChI is InChI=1S/C21H32N4O3/c1-3-17-14-18(7-6-16(17)2)22-19-15-20(26)25(21(27)23-19)9-5-4-8-24-10-12-28-13-11-24/h6-7,14,19,22H,3-5,8-13,15H2,1-2H3,(H,23,27). The zero-order valence-corrected chi connectivity index (χ0v) is 17.0. The molecule has 1 aromatic carbocycles. The van der Waals surface area contributed by atoms with Crippen molar-refractivity contribution in [3.05, 3.63) is 29.3 Å². The molecule has 1 aromatic rings. The van der Waals surface area contributed by atoms with Crippen LogP contribution in [0.3, 0.4) is 0 Å². The first-order chi connectivity index (χ1) is 13.6. The summed E-state index contributed by atoms with van der Waals surface area (Å²) in [5, 5.41) is 6.19. The van der Waals surface area contributed by atoms with E-state index in [1.54, 1.807) is 0 Å². The van der Waals surface area contributed by atoms with Crippen LogP contribution < -0.4 is 10.6 Å². The van der Waals surface area contributed by atoms with E-state index in [1.807, 2.05) is 6.07 Å². The average Bonchev–Trinajstić information content (AvgIpc) is 2.69. The fourth-order valence-electron chi connectivity index (χ4n) is 3.76. The number of urea groups is 1. The quantitative estimate of drug-likeness (QED) is 0.669. The fourth-order valence-corrected chi connectivity index (χ4v) is 3.76. The molecular formula is C21H32N4O3. The maximum Gasteiger partial charge on any atom is 0.325 e. The predicted molar refractivity (Wildman–Crippen MR) is 109 cm³/mol. The molecule has 0 aromatic heterocycles. The van der Waals surface area contributed by atoms with Gasteiger partial charge in [0.15, 0.2) is 0 Å². The molecule has 28 heavy (non-hydrogen) atoms. The number of nitrogens with one attached hydrogen (secondary N) is 2. The van der Waals surface area contributed by atoms with E-state index in [-0.39, 0.29) is 24.5 Å². The van der Waals surface area contributed by atoms with Gasteiger partial charge >= 0.3 is 6.03 Å². The third-order valence-electron chi connectivity index (χ3n) is 5.50. The number of rotatable bonds is 8. The molecule has 2 aliphatic rings. The molecule has 1 atom stereocenters. The molecule has 0 bridgehead atoms. The van der Waals surface area contributed by atoms with Gasteiger partial charge in [-0.15, -0.1) is 0 Å². The highest BCUT2D eigenvalue weighted by Crippen LogP contribution is 2.18. The molecule has 154 valence electrons. The largest absolute Gasteiger partial charge is 0.379 e. The number of ether oxygens (including phenoxy) is 1. The number of hydrogen-bond acceptors (Lipinski definition) is 5. The van der Waals surface area contributed by atoms with Crippen LogP contribution in [0.15, 0.2) is 18.2 Å². The van der Waals surface area contributed by atoms with Crippen LogP contribution in [0.5, 0.6) is 0 Å². The first-order valence-electron chi connectivity index (χ1n) is 10.3. The van der Waals surface area contributed by atoms with E-state index >= 15 is 0 Å². The van der Waals surface area contributed by atoms with E-state index in [2.05, 4.69) is 41.5 Å². The van der Waals surface area contributed by atoms with E-state index in [1.165, 1.54) is 16.0 Å². The number of aryl methyl sites for hydroxylation is 2. The molecule has 0 radical (unpaired) electrons. The predicted octanol–water partition coefficient (Wildman–Crippen LogP) is 2.35. The number of amides is 3. The normalized spacial score (nSPS) is 20.9. The van der Waals surface area contributed by atoms with Gasteiger partial charge in [-0.25, -0.2) is 4.79 Å². The second-order valence-electron chi connectivity index (χ2n) is 7.55. The summed E-state index contributed by atoms with van der Waals surface area (Å²) in [6.45, 7) is 9.20. The number of hydrogen-bond donors (Lipinski definition) is 2. The van der Waals surface area contributed by atoms with E-state index < -0.39 is 0 Å². The Morgan fingerprint density at radius 3 is 2.64 bits per heavy atom. The summed E-state index contributed by atoms with van der Waals surface area (Å²) in [5.74, 6) is -0.115. The maximum absolute atomic E-state index is 12.5. The van der Waals surface area contributed by atoms with E-state index in [4.69, 9.17) is 4.74 Å². The molecule has 7 heteroatoms. The number of carbonyl (C=O) groups is 2. The Kier molecular flexibility index (Phi) is 7.28. The lowest BCUT2D eigenvalue weighted by molar-refractivity contribution is -0.130. The van der Waals surface area contributed by atoms with Crippen LogP contribution in [-0.4, -0.2) is 67.3 Å². The average molecular weight is 389 g/mol. The molecule has 7 nitrogen and oxygen atoms in total. The minimum atomic E-state index is -0.364. The number of carbonyl (C=O) groups excluding carboxylic acids is 2. The minimum absolute atomic E-state index is 0.115. The summed E-state index contributed by atoms with van der Waals surface area (Å²) < 4.78 is 5.35. The number of anilines is 1. The van der Waals surface area contributed by atoms with Crippen LogP contribution in [0.25, 0.3) is 0 Å². The number of morpholine rings is 1. The second kappa shape index (κ2) is 9.89. The number of unbranched alkanes of at least 4 members (excludes halogenated alkanes) is 1. The molecular weight excluding hydrogens is 356 g/mol. The zero-order valence-electron chi connectivity index (χ0n) is 17.0. The monoisotopic (exact) mass is 388 g/mol. The maximum atomic E-state index is 12.5. The van der Waals surface area contributed by atoms with Crippen LogP contribution in [0, 0.1) is 6.92 Å². The molecule has 3 rings (SSSR count). The molecule has 0 aliphatic carbocycles. The van der Waals surface area contributed by atoms with Gasteiger partial charge in [0.25, 0.3) is 0 Å². The Morgan fingerprint density at radius 2 is 1.93 bits per heavy atom. The highest BCUT2D eigenvalue weighted by Gasteiger charge is 2.31. The topological polar surface area (TPSA) is 73.9 Å². The van der Waals surface area contributed by atoms with Crippen molar-refractivity contribution < 1.29 is 14.3 Å². The first kappa shape index (κ1) is 20.6. The van der Waals surface area contributed by atoms with Crippen molar-refractivity contribution in [2.24, 2.45) is 0 Å². The minimum Gasteiger partial charge on any atom is -0.379 e. The third kappa shape index (κ3) is 5.45. The van der Waals surface area contributed by atoms with Gasteiger partial charge in [0, 0.05) is 25.3 Å². The van der Waals surface area contributed by atoms with Gasteiger partial charge in [0.2, 0.25) is 5.91 Å². The van der Waals surface area contributed by atoms with E-state index in [9.17, 15) is 9.59 Å². The smallest absolute Gasteiger partial charge is 0.325 e. The summed E-state index contributed by atoms with van der Waals surface area (Å²) >= 11 is 0. The van der Waals surface area contributed by atoms with Crippen molar-refractivity contribution in [3.63, 3.8) is 0 Å². The van der Waals surface area contributed by atoms with Crippen molar-refractivity contribution in [2.45, 2.75) is 45.7 Å². The SMILES string of the molecule is CCc1cc(NC2CC(=O)N(CCCCN3CCOCC3)C(=O)N2)ccc1C. The summed E-state index contributed by atoms with van der Waals surface area (Å²) in [4.78, 5) is 28.6. The van der Waals surface area contributed by atoms with Gasteiger partial charge in [-0.3, -0.25) is 14.6 Å². The lowest BCUT2D eigenvalue weighted by atomic mass is 10.1. The van der Waals surface area contributed by atoms with Crippen LogP contribution in [0.1, 0.15) is 37.3 Å². The zero-order chi connectivity index (χ0) is 19.9. The van der Waals surface area contributed by atoms with Gasteiger partial charge in [-0.05, 0) is 56.0 Å². The molecule has 3 amide bonds. The Balaban J connectivity index is 1.44. The van der Waals surface area contributed by atoms with Crippen LogP contribution in [0.2, 0.25) is 0 Å². The highest BCUT2D eigenvalue weighted by molar-refractivity contribution is 5.97. The molecule has 2 saturated heterocycles. The molecule has 2 aliphatic heterocycles. The number of benzene rings is 1. The Morgan fingerprint density at radius 1 is 1.18 bits per heavy atom. The summed E-state index contributed by atoms with van der Waals surface area (Å²) in [6, 6.07) is 5.84. The lowest BCUT2D eigenvalue weighted by Crippen LogP contribution is -2.57. The van der Waals surface area contributed by atoms with Crippen molar-refractivity contribution in [1.29, 1.82) is 0 Å². The van der Waals surface area contributed by atoms with Crippen molar-refractivity contribution in [2.75, 3.05) is 44.7 Å².